The molecule has 1 aromatic heterocycles. The first-order chi connectivity index (χ1) is 16.6. The molecule has 0 unspecified atom stereocenters. The third kappa shape index (κ3) is 5.62. The fourth-order valence-corrected chi connectivity index (χ4v) is 4.96. The van der Waals surface area contributed by atoms with Crippen LogP contribution < -0.4 is 9.64 Å². The lowest BCUT2D eigenvalue weighted by molar-refractivity contribution is -0.131. The summed E-state index contributed by atoms with van der Waals surface area (Å²) in [5.41, 5.74) is 3.37. The summed E-state index contributed by atoms with van der Waals surface area (Å²) >= 11 is 1.57. The molecule has 1 saturated heterocycles. The molecular formula is C26H31N5O2S. The molecule has 0 atom stereocenters. The maximum Gasteiger partial charge on any atom is 0.223 e. The van der Waals surface area contributed by atoms with E-state index in [9.17, 15) is 4.79 Å². The van der Waals surface area contributed by atoms with Crippen molar-refractivity contribution >= 4 is 23.4 Å². The van der Waals surface area contributed by atoms with Gasteiger partial charge in [-0.3, -0.25) is 9.36 Å². The third-order valence-corrected chi connectivity index (χ3v) is 6.89. The number of aromatic nitrogens is 3. The lowest BCUT2D eigenvalue weighted by atomic mass is 10.1. The number of nitrogens with zero attached hydrogens (tertiary/aromatic N) is 5. The molecule has 0 radical (unpaired) electrons. The standard InChI is InChI=1S/C26H31N5O2S/c1-4-13-31-25(21-7-5-6-20(2)19-21)27-28-26(31)34-18-12-24(32)30-16-14-29(15-17-30)22-8-10-23(33-3)11-9-22/h4-11,19H,1,12-18H2,2-3H3. The fraction of sp³-hybridized carbons (Fsp3) is 0.346. The van der Waals surface area contributed by atoms with E-state index in [-0.39, 0.29) is 5.91 Å². The van der Waals surface area contributed by atoms with Gasteiger partial charge in [0.05, 0.1) is 7.11 Å². The Labute approximate surface area is 205 Å². The number of hydrogen-bond donors (Lipinski definition) is 0. The molecule has 34 heavy (non-hydrogen) atoms. The Bertz CT molecular complexity index is 1120. The molecule has 4 rings (SSSR count). The molecular weight excluding hydrogens is 446 g/mol. The normalized spacial score (nSPS) is 13.7. The number of amides is 1. The smallest absolute Gasteiger partial charge is 0.223 e. The van der Waals surface area contributed by atoms with Gasteiger partial charge in [0.1, 0.15) is 5.75 Å². The van der Waals surface area contributed by atoms with E-state index in [2.05, 4.69) is 57.4 Å². The second-order valence-corrected chi connectivity index (χ2v) is 9.30. The molecule has 1 aliphatic heterocycles. The minimum Gasteiger partial charge on any atom is -0.497 e. The number of benzene rings is 2. The first-order valence-corrected chi connectivity index (χ1v) is 12.5. The van der Waals surface area contributed by atoms with Crippen molar-refractivity contribution in [2.24, 2.45) is 0 Å². The first kappa shape index (κ1) is 23.9. The lowest BCUT2D eigenvalue weighted by Crippen LogP contribution is -2.48. The average molecular weight is 478 g/mol. The lowest BCUT2D eigenvalue weighted by Gasteiger charge is -2.36. The van der Waals surface area contributed by atoms with Crippen molar-refractivity contribution < 1.29 is 9.53 Å². The number of hydrogen-bond acceptors (Lipinski definition) is 6. The second kappa shape index (κ2) is 11.2. The van der Waals surface area contributed by atoms with Crippen molar-refractivity contribution in [3.63, 3.8) is 0 Å². The zero-order valence-electron chi connectivity index (χ0n) is 19.8. The number of allylic oxidation sites excluding steroid dienone is 1. The predicted octanol–water partition coefficient (Wildman–Crippen LogP) is 4.28. The van der Waals surface area contributed by atoms with Crippen LogP contribution in [-0.2, 0) is 11.3 Å². The molecule has 1 aliphatic rings. The highest BCUT2D eigenvalue weighted by atomic mass is 32.2. The molecule has 0 spiro atoms. The van der Waals surface area contributed by atoms with Gasteiger partial charge in [0.25, 0.3) is 0 Å². The van der Waals surface area contributed by atoms with Gasteiger partial charge in [0.2, 0.25) is 5.91 Å². The van der Waals surface area contributed by atoms with E-state index < -0.39 is 0 Å². The Morgan fingerprint density at radius 1 is 1.12 bits per heavy atom. The van der Waals surface area contributed by atoms with E-state index in [1.807, 2.05) is 35.2 Å². The van der Waals surface area contributed by atoms with Crippen molar-refractivity contribution in [3.05, 3.63) is 66.7 Å². The van der Waals surface area contributed by atoms with Crippen LogP contribution in [0.1, 0.15) is 12.0 Å². The summed E-state index contributed by atoms with van der Waals surface area (Å²) in [6.45, 7) is 9.70. The number of ether oxygens (including phenoxy) is 1. The van der Waals surface area contributed by atoms with Crippen LogP contribution in [0.5, 0.6) is 5.75 Å². The van der Waals surface area contributed by atoms with Gasteiger partial charge in [-0.1, -0.05) is 41.6 Å². The molecule has 1 amide bonds. The zero-order chi connectivity index (χ0) is 23.9. The highest BCUT2D eigenvalue weighted by Gasteiger charge is 2.22. The van der Waals surface area contributed by atoms with Gasteiger partial charge in [-0.15, -0.1) is 16.8 Å². The van der Waals surface area contributed by atoms with Gasteiger partial charge >= 0.3 is 0 Å². The SMILES string of the molecule is C=CCn1c(SCCC(=O)N2CCN(c3ccc(OC)cc3)CC2)nnc1-c1cccc(C)c1. The molecule has 1 fully saturated rings. The summed E-state index contributed by atoms with van der Waals surface area (Å²) in [5.74, 6) is 2.54. The van der Waals surface area contributed by atoms with Gasteiger partial charge in [-0.25, -0.2) is 0 Å². The number of aryl methyl sites for hydroxylation is 1. The zero-order valence-corrected chi connectivity index (χ0v) is 20.6. The minimum atomic E-state index is 0.190. The van der Waals surface area contributed by atoms with Gasteiger partial charge < -0.3 is 14.5 Å². The van der Waals surface area contributed by atoms with E-state index in [1.165, 1.54) is 5.56 Å². The molecule has 3 aromatic rings. The van der Waals surface area contributed by atoms with Gasteiger partial charge in [-0.05, 0) is 37.3 Å². The van der Waals surface area contributed by atoms with Crippen LogP contribution in [0.3, 0.4) is 0 Å². The van der Waals surface area contributed by atoms with Crippen LogP contribution in [0, 0.1) is 6.92 Å². The highest BCUT2D eigenvalue weighted by molar-refractivity contribution is 7.99. The number of piperazine rings is 1. The average Bonchev–Trinajstić information content (AvgIpc) is 3.27. The summed E-state index contributed by atoms with van der Waals surface area (Å²) in [6.07, 6.45) is 2.33. The van der Waals surface area contributed by atoms with Crippen molar-refractivity contribution in [2.45, 2.75) is 25.0 Å². The maximum absolute atomic E-state index is 12.8. The summed E-state index contributed by atoms with van der Waals surface area (Å²) < 4.78 is 7.30. The van der Waals surface area contributed by atoms with Crippen LogP contribution in [0.15, 0.2) is 66.3 Å². The number of methoxy groups -OCH3 is 1. The van der Waals surface area contributed by atoms with E-state index in [1.54, 1.807) is 18.9 Å². The topological polar surface area (TPSA) is 63.5 Å². The number of carbonyl (C=O) groups is 1. The van der Waals surface area contributed by atoms with Crippen LogP contribution in [0.25, 0.3) is 11.4 Å². The van der Waals surface area contributed by atoms with Crippen LogP contribution in [-0.4, -0.2) is 64.6 Å². The van der Waals surface area contributed by atoms with Crippen LogP contribution in [0.2, 0.25) is 0 Å². The highest BCUT2D eigenvalue weighted by Crippen LogP contribution is 2.26. The first-order valence-electron chi connectivity index (χ1n) is 11.5. The van der Waals surface area contributed by atoms with E-state index in [0.717, 1.165) is 54.2 Å². The summed E-state index contributed by atoms with van der Waals surface area (Å²) in [5, 5.41) is 9.62. The van der Waals surface area contributed by atoms with E-state index in [4.69, 9.17) is 4.74 Å². The Kier molecular flexibility index (Phi) is 7.90. The molecule has 8 heteroatoms. The third-order valence-electron chi connectivity index (χ3n) is 5.92. The summed E-state index contributed by atoms with van der Waals surface area (Å²) in [4.78, 5) is 17.1. The van der Waals surface area contributed by atoms with Crippen LogP contribution >= 0.6 is 11.8 Å². The number of anilines is 1. The largest absolute Gasteiger partial charge is 0.497 e. The van der Waals surface area contributed by atoms with Gasteiger partial charge in [0.15, 0.2) is 11.0 Å². The Morgan fingerprint density at radius 3 is 2.56 bits per heavy atom. The molecule has 178 valence electrons. The van der Waals surface area contributed by atoms with E-state index in [0.29, 0.717) is 18.7 Å². The number of rotatable bonds is 9. The predicted molar refractivity (Wildman–Crippen MR) is 138 cm³/mol. The monoisotopic (exact) mass is 477 g/mol. The Hall–Kier alpha value is -3.26. The molecule has 0 saturated carbocycles. The van der Waals surface area contributed by atoms with Crippen molar-refractivity contribution in [1.29, 1.82) is 0 Å². The molecule has 2 aromatic carbocycles. The van der Waals surface area contributed by atoms with Gasteiger partial charge in [0, 0.05) is 56.1 Å². The summed E-state index contributed by atoms with van der Waals surface area (Å²) in [7, 11) is 1.67. The molecule has 0 N–H and O–H groups in total. The quantitative estimate of drug-likeness (QED) is 0.339. The maximum atomic E-state index is 12.8. The fourth-order valence-electron chi connectivity index (χ4n) is 4.08. The van der Waals surface area contributed by atoms with Crippen LogP contribution in [0.4, 0.5) is 5.69 Å². The second-order valence-electron chi connectivity index (χ2n) is 8.24. The van der Waals surface area contributed by atoms with E-state index >= 15 is 0 Å². The number of carbonyl (C=O) groups excluding carboxylic acids is 1. The molecule has 2 heterocycles. The van der Waals surface area contributed by atoms with Gasteiger partial charge in [-0.2, -0.15) is 0 Å². The number of thioether (sulfide) groups is 1. The Balaban J connectivity index is 1.30. The van der Waals surface area contributed by atoms with Crippen molar-refractivity contribution in [3.8, 4) is 17.1 Å². The molecule has 0 bridgehead atoms. The van der Waals surface area contributed by atoms with Crippen molar-refractivity contribution in [2.75, 3.05) is 43.9 Å². The minimum absolute atomic E-state index is 0.190. The summed E-state index contributed by atoms with van der Waals surface area (Å²) in [6, 6.07) is 16.3. The molecule has 0 aliphatic carbocycles. The van der Waals surface area contributed by atoms with Crippen molar-refractivity contribution in [1.82, 2.24) is 19.7 Å². The molecule has 7 nitrogen and oxygen atoms in total. The Morgan fingerprint density at radius 2 is 1.88 bits per heavy atom.